The Kier molecular flexibility index (Phi) is 9.32. The van der Waals surface area contributed by atoms with Gasteiger partial charge in [-0.2, -0.15) is 0 Å². The van der Waals surface area contributed by atoms with E-state index in [0.717, 1.165) is 36.3 Å². The summed E-state index contributed by atoms with van der Waals surface area (Å²) >= 11 is 0. The highest BCUT2D eigenvalue weighted by atomic mass is 16.7. The number of benzene rings is 2. The molecular formula is C29H38N2O6. The van der Waals surface area contributed by atoms with Crippen molar-refractivity contribution in [3.05, 3.63) is 65.2 Å². The van der Waals surface area contributed by atoms with Crippen LogP contribution in [0, 0.1) is 5.92 Å². The molecule has 2 fully saturated rings. The molecule has 37 heavy (non-hydrogen) atoms. The number of hydrogen-bond acceptors (Lipinski definition) is 7. The minimum Gasteiger partial charge on any atom is -0.453 e. The Morgan fingerprint density at radius 1 is 1.08 bits per heavy atom. The van der Waals surface area contributed by atoms with Gasteiger partial charge < -0.3 is 29.5 Å². The van der Waals surface area contributed by atoms with Crippen molar-refractivity contribution in [1.82, 2.24) is 4.90 Å². The SMILES string of the molecule is CC(=O)O[C@@H](C)C(=O)Nc1cccc([C@@H]2O[C@H](CN3CCCCC3)[C@H](C)[C@H](c3ccc(CO)cc3)O2)c1. The lowest BCUT2D eigenvalue weighted by atomic mass is 9.89. The molecule has 0 radical (unpaired) electrons. The second kappa shape index (κ2) is 12.6. The molecule has 2 saturated heterocycles. The third kappa shape index (κ3) is 7.17. The van der Waals surface area contributed by atoms with Crippen LogP contribution in [0.4, 0.5) is 5.69 Å². The van der Waals surface area contributed by atoms with Crippen LogP contribution >= 0.6 is 0 Å². The smallest absolute Gasteiger partial charge is 0.303 e. The molecule has 0 bridgehead atoms. The first-order valence-corrected chi connectivity index (χ1v) is 13.1. The molecule has 0 spiro atoms. The van der Waals surface area contributed by atoms with Gasteiger partial charge >= 0.3 is 5.97 Å². The van der Waals surface area contributed by atoms with Crippen molar-refractivity contribution in [2.45, 2.75) is 71.2 Å². The highest BCUT2D eigenvalue weighted by Gasteiger charge is 2.39. The fourth-order valence-corrected chi connectivity index (χ4v) is 5.03. The number of ether oxygens (including phenoxy) is 3. The summed E-state index contributed by atoms with van der Waals surface area (Å²) in [4.78, 5) is 26.1. The van der Waals surface area contributed by atoms with Crippen molar-refractivity contribution in [1.29, 1.82) is 0 Å². The Morgan fingerprint density at radius 3 is 2.49 bits per heavy atom. The lowest BCUT2D eigenvalue weighted by Gasteiger charge is -2.43. The van der Waals surface area contributed by atoms with Gasteiger partial charge in [0.05, 0.1) is 18.8 Å². The minimum absolute atomic E-state index is 0.000730. The highest BCUT2D eigenvalue weighted by molar-refractivity contribution is 5.95. The van der Waals surface area contributed by atoms with Gasteiger partial charge in [-0.25, -0.2) is 0 Å². The van der Waals surface area contributed by atoms with E-state index < -0.39 is 24.3 Å². The first-order chi connectivity index (χ1) is 17.8. The molecule has 5 atom stereocenters. The molecule has 2 heterocycles. The number of esters is 1. The Balaban J connectivity index is 1.55. The van der Waals surface area contributed by atoms with Crippen molar-refractivity contribution >= 4 is 17.6 Å². The maximum absolute atomic E-state index is 12.5. The van der Waals surface area contributed by atoms with Gasteiger partial charge in [-0.1, -0.05) is 49.7 Å². The van der Waals surface area contributed by atoms with Gasteiger partial charge in [0, 0.05) is 30.6 Å². The van der Waals surface area contributed by atoms with Crippen LogP contribution in [0.25, 0.3) is 0 Å². The molecule has 4 rings (SSSR count). The predicted molar refractivity (Wildman–Crippen MR) is 140 cm³/mol. The molecular weight excluding hydrogens is 472 g/mol. The van der Waals surface area contributed by atoms with Crippen LogP contribution in [0.1, 0.15) is 69.1 Å². The minimum atomic E-state index is -0.899. The van der Waals surface area contributed by atoms with E-state index in [4.69, 9.17) is 14.2 Å². The molecule has 200 valence electrons. The van der Waals surface area contributed by atoms with E-state index in [1.54, 1.807) is 6.07 Å². The first kappa shape index (κ1) is 27.3. The van der Waals surface area contributed by atoms with Crippen molar-refractivity contribution < 1.29 is 28.9 Å². The van der Waals surface area contributed by atoms with Crippen LogP contribution in [0.15, 0.2) is 48.5 Å². The van der Waals surface area contributed by atoms with E-state index in [1.165, 1.54) is 33.1 Å². The van der Waals surface area contributed by atoms with Crippen molar-refractivity contribution in [3.63, 3.8) is 0 Å². The number of carbonyl (C=O) groups excluding carboxylic acids is 2. The van der Waals surface area contributed by atoms with Crippen LogP contribution in [0.5, 0.6) is 0 Å². The maximum Gasteiger partial charge on any atom is 0.303 e. The van der Waals surface area contributed by atoms with E-state index in [1.807, 2.05) is 42.5 Å². The average Bonchev–Trinajstić information content (AvgIpc) is 2.90. The number of amides is 1. The third-order valence-electron chi connectivity index (χ3n) is 7.15. The number of nitrogens with one attached hydrogen (secondary N) is 1. The van der Waals surface area contributed by atoms with Gasteiger partial charge in [0.15, 0.2) is 12.4 Å². The predicted octanol–water partition coefficient (Wildman–Crippen LogP) is 4.35. The summed E-state index contributed by atoms with van der Waals surface area (Å²) in [6.45, 7) is 7.97. The van der Waals surface area contributed by atoms with E-state index in [9.17, 15) is 14.7 Å². The third-order valence-corrected chi connectivity index (χ3v) is 7.15. The zero-order chi connectivity index (χ0) is 26.4. The van der Waals surface area contributed by atoms with Gasteiger partial charge in [0.1, 0.15) is 0 Å². The first-order valence-electron chi connectivity index (χ1n) is 13.1. The van der Waals surface area contributed by atoms with Crippen LogP contribution < -0.4 is 5.32 Å². The summed E-state index contributed by atoms with van der Waals surface area (Å²) in [5, 5.41) is 12.3. The van der Waals surface area contributed by atoms with Crippen LogP contribution in [-0.4, -0.2) is 53.7 Å². The van der Waals surface area contributed by atoms with Gasteiger partial charge in [0.25, 0.3) is 5.91 Å². The van der Waals surface area contributed by atoms with Crippen LogP contribution in [-0.2, 0) is 30.4 Å². The van der Waals surface area contributed by atoms with Gasteiger partial charge in [-0.15, -0.1) is 0 Å². The lowest BCUT2D eigenvalue weighted by molar-refractivity contribution is -0.276. The molecule has 0 aromatic heterocycles. The highest BCUT2D eigenvalue weighted by Crippen LogP contribution is 2.42. The average molecular weight is 511 g/mol. The molecule has 8 nitrogen and oxygen atoms in total. The molecule has 0 saturated carbocycles. The number of aliphatic hydroxyl groups is 1. The van der Waals surface area contributed by atoms with E-state index in [0.29, 0.717) is 5.69 Å². The summed E-state index contributed by atoms with van der Waals surface area (Å²) in [7, 11) is 0. The summed E-state index contributed by atoms with van der Waals surface area (Å²) in [6.07, 6.45) is 1.95. The fourth-order valence-electron chi connectivity index (χ4n) is 5.03. The van der Waals surface area contributed by atoms with Gasteiger partial charge in [-0.3, -0.25) is 9.59 Å². The van der Waals surface area contributed by atoms with Crippen LogP contribution in [0.3, 0.4) is 0 Å². The number of anilines is 1. The molecule has 0 aliphatic carbocycles. The normalized spacial score (nSPS) is 25.3. The number of carbonyl (C=O) groups is 2. The summed E-state index contributed by atoms with van der Waals surface area (Å²) in [6, 6.07) is 15.3. The lowest BCUT2D eigenvalue weighted by Crippen LogP contribution is -2.45. The molecule has 1 amide bonds. The zero-order valence-electron chi connectivity index (χ0n) is 21.9. The van der Waals surface area contributed by atoms with E-state index in [-0.39, 0.29) is 24.7 Å². The molecule has 0 unspecified atom stereocenters. The Bertz CT molecular complexity index is 1050. The monoisotopic (exact) mass is 510 g/mol. The van der Waals surface area contributed by atoms with E-state index >= 15 is 0 Å². The van der Waals surface area contributed by atoms with E-state index in [2.05, 4.69) is 17.1 Å². The molecule has 2 N–H and O–H groups in total. The number of rotatable bonds is 8. The van der Waals surface area contributed by atoms with Crippen molar-refractivity contribution in [2.75, 3.05) is 25.0 Å². The van der Waals surface area contributed by atoms with Crippen molar-refractivity contribution in [3.8, 4) is 0 Å². The molecule has 2 aliphatic rings. The van der Waals surface area contributed by atoms with Crippen LogP contribution in [0.2, 0.25) is 0 Å². The fraction of sp³-hybridized carbons (Fsp3) is 0.517. The second-order valence-corrected chi connectivity index (χ2v) is 10.0. The topological polar surface area (TPSA) is 97.3 Å². The molecule has 2 aliphatic heterocycles. The molecule has 2 aromatic rings. The molecule has 2 aromatic carbocycles. The van der Waals surface area contributed by atoms with Gasteiger partial charge in [0.2, 0.25) is 0 Å². The zero-order valence-corrected chi connectivity index (χ0v) is 21.9. The Morgan fingerprint density at radius 2 is 1.81 bits per heavy atom. The quantitative estimate of drug-likeness (QED) is 0.510. The Hall–Kier alpha value is -2.78. The number of hydrogen-bond donors (Lipinski definition) is 2. The Labute approximate surface area is 218 Å². The van der Waals surface area contributed by atoms with Gasteiger partial charge in [-0.05, 0) is 56.1 Å². The van der Waals surface area contributed by atoms with Crippen molar-refractivity contribution in [2.24, 2.45) is 5.92 Å². The number of piperidine rings is 1. The number of aliphatic hydroxyl groups excluding tert-OH is 1. The molecule has 8 heteroatoms. The number of likely N-dealkylation sites (tertiary alicyclic amines) is 1. The second-order valence-electron chi connectivity index (χ2n) is 10.0. The maximum atomic E-state index is 12.5. The summed E-state index contributed by atoms with van der Waals surface area (Å²) < 4.78 is 18.1. The number of nitrogens with zero attached hydrogens (tertiary/aromatic N) is 1. The standard InChI is InChI=1S/C29H38N2O6/c1-19-26(17-31-14-5-4-6-15-31)36-29(37-27(19)23-12-10-22(18-32)11-13-23)24-8-7-9-25(16-24)30-28(34)20(2)35-21(3)33/h7-13,16,19-20,26-27,29,32H,4-6,14-15,17-18H2,1-3H3,(H,30,34)/t19-,20-,26+,27+,29+/m0/s1. The summed E-state index contributed by atoms with van der Waals surface area (Å²) in [5.74, 6) is -0.797. The summed E-state index contributed by atoms with van der Waals surface area (Å²) in [5.41, 5.74) is 3.27. The largest absolute Gasteiger partial charge is 0.453 e.